The highest BCUT2D eigenvalue weighted by Crippen LogP contribution is 2.21. The van der Waals surface area contributed by atoms with Gasteiger partial charge in [-0.1, -0.05) is 12.1 Å². The summed E-state index contributed by atoms with van der Waals surface area (Å²) in [6, 6.07) is 8.22. The van der Waals surface area contributed by atoms with Gasteiger partial charge in [-0.2, -0.15) is 9.57 Å². The predicted molar refractivity (Wildman–Crippen MR) is 87.8 cm³/mol. The molecule has 0 unspecified atom stereocenters. The van der Waals surface area contributed by atoms with Crippen LogP contribution in [0.25, 0.3) is 0 Å². The summed E-state index contributed by atoms with van der Waals surface area (Å²) in [5.41, 5.74) is 0.174. The molecule has 0 aromatic heterocycles. The molecule has 0 bridgehead atoms. The summed E-state index contributed by atoms with van der Waals surface area (Å²) in [5.74, 6) is 0. The first kappa shape index (κ1) is 16.7. The van der Waals surface area contributed by atoms with Crippen molar-refractivity contribution in [1.29, 1.82) is 5.26 Å². The quantitative estimate of drug-likeness (QED) is 0.820. The molecule has 8 heteroatoms. The fourth-order valence-electron chi connectivity index (χ4n) is 2.32. The fourth-order valence-corrected chi connectivity index (χ4v) is 4.21. The maximum Gasteiger partial charge on any atom is 0.244 e. The average Bonchev–Trinajstić information content (AvgIpc) is 2.55. The van der Waals surface area contributed by atoms with Crippen LogP contribution in [-0.2, 0) is 10.0 Å². The van der Waals surface area contributed by atoms with E-state index in [4.69, 9.17) is 17.5 Å². The smallest absolute Gasteiger partial charge is 0.244 e. The van der Waals surface area contributed by atoms with Crippen LogP contribution in [0.1, 0.15) is 12.5 Å². The van der Waals surface area contributed by atoms with Crippen LogP contribution in [-0.4, -0.2) is 55.5 Å². The van der Waals surface area contributed by atoms with Crippen molar-refractivity contribution in [3.8, 4) is 6.07 Å². The van der Waals surface area contributed by atoms with Crippen molar-refractivity contribution in [2.24, 2.45) is 0 Å². The lowest BCUT2D eigenvalue weighted by atomic mass is 10.2. The summed E-state index contributed by atoms with van der Waals surface area (Å²) in [6.07, 6.45) is 0. The van der Waals surface area contributed by atoms with Crippen molar-refractivity contribution in [2.45, 2.75) is 11.8 Å². The van der Waals surface area contributed by atoms with Crippen molar-refractivity contribution in [2.75, 3.05) is 32.7 Å². The van der Waals surface area contributed by atoms with E-state index in [9.17, 15) is 8.42 Å². The third-order valence-electron chi connectivity index (χ3n) is 3.48. The largest absolute Gasteiger partial charge is 0.363 e. The molecule has 0 atom stereocenters. The zero-order valence-corrected chi connectivity index (χ0v) is 14.0. The highest BCUT2D eigenvalue weighted by atomic mass is 32.2. The van der Waals surface area contributed by atoms with Gasteiger partial charge >= 0.3 is 0 Å². The van der Waals surface area contributed by atoms with Gasteiger partial charge in [-0.25, -0.2) is 8.42 Å². The third kappa shape index (κ3) is 3.38. The van der Waals surface area contributed by atoms with E-state index in [-0.39, 0.29) is 10.5 Å². The molecule has 1 aliphatic heterocycles. The van der Waals surface area contributed by atoms with E-state index in [0.29, 0.717) is 31.3 Å². The maximum absolute atomic E-state index is 12.7. The highest BCUT2D eigenvalue weighted by molar-refractivity contribution is 7.89. The summed E-state index contributed by atoms with van der Waals surface area (Å²) in [6.45, 7) is 4.50. The summed E-state index contributed by atoms with van der Waals surface area (Å²) < 4.78 is 26.8. The topological polar surface area (TPSA) is 76.4 Å². The molecule has 22 heavy (non-hydrogen) atoms. The number of piperazine rings is 1. The van der Waals surface area contributed by atoms with E-state index < -0.39 is 10.0 Å². The molecule has 0 aliphatic carbocycles. The van der Waals surface area contributed by atoms with Crippen molar-refractivity contribution < 1.29 is 8.42 Å². The molecule has 0 radical (unpaired) electrons. The van der Waals surface area contributed by atoms with Gasteiger partial charge in [-0.15, -0.1) is 0 Å². The molecule has 1 saturated heterocycles. The molecule has 6 nitrogen and oxygen atoms in total. The standard InChI is InChI=1S/C14H18N4O2S2/c1-2-16-14(21)17-7-9-18(10-8-17)22(19,20)13-6-4-3-5-12(13)11-15/h3-6H,2,7-10H2,1H3,(H,16,21). The minimum Gasteiger partial charge on any atom is -0.363 e. The average molecular weight is 338 g/mol. The molecule has 1 heterocycles. The minimum absolute atomic E-state index is 0.0696. The van der Waals surface area contributed by atoms with E-state index in [1.165, 1.54) is 16.4 Å². The van der Waals surface area contributed by atoms with Gasteiger partial charge < -0.3 is 10.2 Å². The Balaban J connectivity index is 2.13. The Bertz CT molecular complexity index is 689. The van der Waals surface area contributed by atoms with Crippen molar-refractivity contribution in [3.05, 3.63) is 29.8 Å². The van der Waals surface area contributed by atoms with Gasteiger partial charge in [-0.05, 0) is 31.3 Å². The van der Waals surface area contributed by atoms with E-state index >= 15 is 0 Å². The number of nitrogens with zero attached hydrogens (tertiary/aromatic N) is 3. The molecule has 1 N–H and O–H groups in total. The van der Waals surface area contributed by atoms with Crippen LogP contribution in [0.2, 0.25) is 0 Å². The van der Waals surface area contributed by atoms with E-state index in [0.717, 1.165) is 6.54 Å². The second kappa shape index (κ2) is 7.05. The Morgan fingerprint density at radius 2 is 1.95 bits per heavy atom. The van der Waals surface area contributed by atoms with Crippen LogP contribution in [0.15, 0.2) is 29.2 Å². The van der Waals surface area contributed by atoms with Gasteiger partial charge in [0.05, 0.1) is 10.5 Å². The second-order valence-corrected chi connectivity index (χ2v) is 7.13. The molecule has 0 spiro atoms. The first-order chi connectivity index (χ1) is 10.5. The zero-order chi connectivity index (χ0) is 16.2. The lowest BCUT2D eigenvalue weighted by Gasteiger charge is -2.35. The number of sulfonamides is 1. The number of nitrogens with one attached hydrogen (secondary N) is 1. The number of hydrogen-bond donors (Lipinski definition) is 1. The molecule has 118 valence electrons. The summed E-state index contributed by atoms with van der Waals surface area (Å²) in [4.78, 5) is 2.03. The highest BCUT2D eigenvalue weighted by Gasteiger charge is 2.30. The van der Waals surface area contributed by atoms with Gasteiger partial charge in [-0.3, -0.25) is 0 Å². The van der Waals surface area contributed by atoms with Gasteiger partial charge in [0.15, 0.2) is 5.11 Å². The van der Waals surface area contributed by atoms with Gasteiger partial charge in [0.1, 0.15) is 6.07 Å². The van der Waals surface area contributed by atoms with Crippen LogP contribution in [0, 0.1) is 11.3 Å². The zero-order valence-electron chi connectivity index (χ0n) is 12.3. The molecule has 0 saturated carbocycles. The molecule has 1 aliphatic rings. The number of rotatable bonds is 3. The Labute approximate surface area is 136 Å². The van der Waals surface area contributed by atoms with Crippen molar-refractivity contribution in [1.82, 2.24) is 14.5 Å². The molecular formula is C14H18N4O2S2. The maximum atomic E-state index is 12.7. The lowest BCUT2D eigenvalue weighted by Crippen LogP contribution is -2.53. The molecule has 0 amide bonds. The van der Waals surface area contributed by atoms with Gasteiger partial charge in [0.25, 0.3) is 0 Å². The van der Waals surface area contributed by atoms with Crippen LogP contribution >= 0.6 is 12.2 Å². The third-order valence-corrected chi connectivity index (χ3v) is 5.84. The van der Waals surface area contributed by atoms with Crippen LogP contribution in [0.5, 0.6) is 0 Å². The van der Waals surface area contributed by atoms with Crippen LogP contribution in [0.3, 0.4) is 0 Å². The number of benzene rings is 1. The Morgan fingerprint density at radius 3 is 2.55 bits per heavy atom. The predicted octanol–water partition coefficient (Wildman–Crippen LogP) is 0.759. The summed E-state index contributed by atoms with van der Waals surface area (Å²) in [7, 11) is -3.65. The van der Waals surface area contributed by atoms with Crippen molar-refractivity contribution in [3.63, 3.8) is 0 Å². The van der Waals surface area contributed by atoms with Crippen molar-refractivity contribution >= 4 is 27.4 Å². The number of hydrogen-bond acceptors (Lipinski definition) is 4. The molecule has 2 rings (SSSR count). The summed E-state index contributed by atoms with van der Waals surface area (Å²) in [5, 5.41) is 12.8. The first-order valence-corrected chi connectivity index (χ1v) is 8.87. The Kier molecular flexibility index (Phi) is 5.34. The SMILES string of the molecule is CCNC(=S)N1CCN(S(=O)(=O)c2ccccc2C#N)CC1. The van der Waals surface area contributed by atoms with Gasteiger partial charge in [0, 0.05) is 32.7 Å². The first-order valence-electron chi connectivity index (χ1n) is 7.02. The normalized spacial score (nSPS) is 16.1. The second-order valence-electron chi connectivity index (χ2n) is 4.83. The minimum atomic E-state index is -3.65. The molecule has 1 fully saturated rings. The fraction of sp³-hybridized carbons (Fsp3) is 0.429. The molecular weight excluding hydrogens is 320 g/mol. The number of nitriles is 1. The Morgan fingerprint density at radius 1 is 1.32 bits per heavy atom. The van der Waals surface area contributed by atoms with E-state index in [2.05, 4.69) is 5.32 Å². The lowest BCUT2D eigenvalue weighted by molar-refractivity contribution is 0.264. The van der Waals surface area contributed by atoms with E-state index in [1.54, 1.807) is 12.1 Å². The molecule has 1 aromatic carbocycles. The number of thiocarbonyl (C=S) groups is 1. The van der Waals surface area contributed by atoms with Crippen LogP contribution in [0.4, 0.5) is 0 Å². The van der Waals surface area contributed by atoms with E-state index in [1.807, 2.05) is 17.9 Å². The monoisotopic (exact) mass is 338 g/mol. The summed E-state index contributed by atoms with van der Waals surface area (Å²) >= 11 is 5.24. The Hall–Kier alpha value is -1.69. The van der Waals surface area contributed by atoms with Crippen LogP contribution < -0.4 is 5.32 Å². The molecule has 1 aromatic rings. The van der Waals surface area contributed by atoms with Gasteiger partial charge in [0.2, 0.25) is 10.0 Å².